The average molecular weight is 207 g/mol. The lowest BCUT2D eigenvalue weighted by molar-refractivity contribution is 0.539. The second kappa shape index (κ2) is 4.90. The first-order valence-electron chi connectivity index (χ1n) is 4.61. The number of hydrogen-bond donors (Lipinski definition) is 3. The maximum atomic E-state index is 11.3. The van der Waals surface area contributed by atoms with Crippen LogP contribution in [0.1, 0.15) is 25.7 Å². The van der Waals surface area contributed by atoms with Gasteiger partial charge in [-0.1, -0.05) is 12.8 Å². The van der Waals surface area contributed by atoms with Crippen LogP contribution in [0.25, 0.3) is 0 Å². The van der Waals surface area contributed by atoms with Gasteiger partial charge in [0.2, 0.25) is 0 Å². The van der Waals surface area contributed by atoms with E-state index in [2.05, 4.69) is 9.44 Å². The molecule has 0 radical (unpaired) electrons. The monoisotopic (exact) mass is 207 g/mol. The Morgan fingerprint density at radius 2 is 1.92 bits per heavy atom. The Labute approximate surface area is 79.3 Å². The van der Waals surface area contributed by atoms with E-state index in [0.29, 0.717) is 13.1 Å². The molecule has 0 aromatic heterocycles. The minimum Gasteiger partial charge on any atom is -0.329 e. The van der Waals surface area contributed by atoms with Gasteiger partial charge in [-0.05, 0) is 12.8 Å². The van der Waals surface area contributed by atoms with Crippen LogP contribution in [-0.2, 0) is 10.2 Å². The predicted octanol–water partition coefficient (Wildman–Crippen LogP) is -0.688. The number of nitrogens with one attached hydrogen (secondary N) is 2. The third-order valence-electron chi connectivity index (χ3n) is 2.11. The predicted molar refractivity (Wildman–Crippen MR) is 51.4 cm³/mol. The van der Waals surface area contributed by atoms with E-state index >= 15 is 0 Å². The van der Waals surface area contributed by atoms with Crippen LogP contribution in [0.3, 0.4) is 0 Å². The molecule has 0 atom stereocenters. The Morgan fingerprint density at radius 1 is 1.31 bits per heavy atom. The minimum atomic E-state index is -3.31. The molecular weight excluding hydrogens is 190 g/mol. The summed E-state index contributed by atoms with van der Waals surface area (Å²) in [4.78, 5) is 0. The van der Waals surface area contributed by atoms with Crippen molar-refractivity contribution in [2.45, 2.75) is 31.7 Å². The lowest BCUT2D eigenvalue weighted by Crippen LogP contribution is -2.43. The van der Waals surface area contributed by atoms with Gasteiger partial charge in [-0.2, -0.15) is 13.1 Å². The van der Waals surface area contributed by atoms with Crippen molar-refractivity contribution in [1.29, 1.82) is 0 Å². The highest BCUT2D eigenvalue weighted by atomic mass is 32.2. The molecular formula is C7H17N3O2S. The Balaban J connectivity index is 2.32. The van der Waals surface area contributed by atoms with Crippen molar-refractivity contribution < 1.29 is 8.42 Å². The van der Waals surface area contributed by atoms with Gasteiger partial charge < -0.3 is 5.73 Å². The van der Waals surface area contributed by atoms with Crippen LogP contribution in [-0.4, -0.2) is 27.5 Å². The van der Waals surface area contributed by atoms with Crippen LogP contribution in [0.4, 0.5) is 0 Å². The lowest BCUT2D eigenvalue weighted by Gasteiger charge is -2.12. The van der Waals surface area contributed by atoms with E-state index in [1.165, 1.54) is 0 Å². The van der Waals surface area contributed by atoms with E-state index in [1.54, 1.807) is 0 Å². The first kappa shape index (κ1) is 10.9. The highest BCUT2D eigenvalue weighted by Crippen LogP contribution is 2.17. The van der Waals surface area contributed by atoms with E-state index < -0.39 is 10.2 Å². The minimum absolute atomic E-state index is 0.121. The zero-order chi connectivity index (χ0) is 9.73. The second-order valence-corrected chi connectivity index (χ2v) is 4.82. The van der Waals surface area contributed by atoms with Gasteiger partial charge in [0, 0.05) is 19.1 Å². The summed E-state index contributed by atoms with van der Waals surface area (Å²) in [6, 6.07) is 0.121. The van der Waals surface area contributed by atoms with Gasteiger partial charge in [-0.25, -0.2) is 4.72 Å². The molecule has 13 heavy (non-hydrogen) atoms. The van der Waals surface area contributed by atoms with Crippen molar-refractivity contribution in [1.82, 2.24) is 9.44 Å². The third-order valence-corrected chi connectivity index (χ3v) is 3.34. The highest BCUT2D eigenvalue weighted by Gasteiger charge is 2.20. The quantitative estimate of drug-likeness (QED) is 0.558. The fraction of sp³-hybridized carbons (Fsp3) is 1.00. The molecule has 0 saturated heterocycles. The van der Waals surface area contributed by atoms with Gasteiger partial charge in [0.25, 0.3) is 10.2 Å². The highest BCUT2D eigenvalue weighted by molar-refractivity contribution is 7.87. The third kappa shape index (κ3) is 4.04. The Bertz CT molecular complexity index is 234. The Morgan fingerprint density at radius 3 is 2.46 bits per heavy atom. The zero-order valence-corrected chi connectivity index (χ0v) is 8.44. The van der Waals surface area contributed by atoms with Gasteiger partial charge in [0.15, 0.2) is 0 Å². The van der Waals surface area contributed by atoms with E-state index in [9.17, 15) is 8.42 Å². The van der Waals surface area contributed by atoms with Crippen LogP contribution in [0.15, 0.2) is 0 Å². The van der Waals surface area contributed by atoms with Crippen molar-refractivity contribution >= 4 is 10.2 Å². The van der Waals surface area contributed by atoms with E-state index in [0.717, 1.165) is 25.7 Å². The van der Waals surface area contributed by atoms with Crippen LogP contribution in [0.5, 0.6) is 0 Å². The van der Waals surface area contributed by atoms with Gasteiger partial charge in [-0.3, -0.25) is 0 Å². The smallest absolute Gasteiger partial charge is 0.277 e. The SMILES string of the molecule is NCCNS(=O)(=O)NC1CCCC1. The van der Waals surface area contributed by atoms with Gasteiger partial charge in [0.1, 0.15) is 0 Å². The maximum absolute atomic E-state index is 11.3. The maximum Gasteiger partial charge on any atom is 0.277 e. The van der Waals surface area contributed by atoms with E-state index in [4.69, 9.17) is 5.73 Å². The molecule has 0 amide bonds. The number of rotatable bonds is 5. The molecule has 0 heterocycles. The molecule has 1 saturated carbocycles. The summed E-state index contributed by atoms with van der Waals surface area (Å²) in [5, 5.41) is 0. The molecule has 4 N–H and O–H groups in total. The lowest BCUT2D eigenvalue weighted by atomic mass is 10.3. The summed E-state index contributed by atoms with van der Waals surface area (Å²) in [5.74, 6) is 0. The largest absolute Gasteiger partial charge is 0.329 e. The molecule has 1 fully saturated rings. The molecule has 0 bridgehead atoms. The summed E-state index contributed by atoms with van der Waals surface area (Å²) in [6.45, 7) is 0.619. The number of nitrogens with two attached hydrogens (primary N) is 1. The van der Waals surface area contributed by atoms with Crippen LogP contribution in [0, 0.1) is 0 Å². The normalized spacial score (nSPS) is 19.5. The van der Waals surface area contributed by atoms with Crippen LogP contribution >= 0.6 is 0 Å². The summed E-state index contributed by atoms with van der Waals surface area (Å²) in [7, 11) is -3.31. The van der Waals surface area contributed by atoms with Crippen molar-refractivity contribution in [3.63, 3.8) is 0 Å². The molecule has 78 valence electrons. The first-order chi connectivity index (χ1) is 6.14. The molecule has 5 nitrogen and oxygen atoms in total. The average Bonchev–Trinajstić information content (AvgIpc) is 2.52. The van der Waals surface area contributed by atoms with Gasteiger partial charge in [0.05, 0.1) is 0 Å². The number of hydrogen-bond acceptors (Lipinski definition) is 3. The summed E-state index contributed by atoms with van der Waals surface area (Å²) in [6.07, 6.45) is 4.13. The molecule has 6 heteroatoms. The molecule has 0 aromatic carbocycles. The van der Waals surface area contributed by atoms with Crippen molar-refractivity contribution in [2.24, 2.45) is 5.73 Å². The van der Waals surface area contributed by atoms with Crippen molar-refractivity contribution in [2.75, 3.05) is 13.1 Å². The molecule has 0 aliphatic heterocycles. The fourth-order valence-electron chi connectivity index (χ4n) is 1.50. The van der Waals surface area contributed by atoms with Gasteiger partial charge in [-0.15, -0.1) is 0 Å². The summed E-state index contributed by atoms with van der Waals surface area (Å²) >= 11 is 0. The second-order valence-electron chi connectivity index (χ2n) is 3.29. The molecule has 0 aromatic rings. The molecule has 1 rings (SSSR count). The van der Waals surface area contributed by atoms with Crippen LogP contribution in [0.2, 0.25) is 0 Å². The van der Waals surface area contributed by atoms with Gasteiger partial charge >= 0.3 is 0 Å². The topological polar surface area (TPSA) is 84.2 Å². The Hall–Kier alpha value is -0.170. The van der Waals surface area contributed by atoms with E-state index in [-0.39, 0.29) is 6.04 Å². The molecule has 1 aliphatic carbocycles. The fourth-order valence-corrected chi connectivity index (χ4v) is 2.64. The standard InChI is InChI=1S/C7H17N3O2S/c8-5-6-9-13(11,12)10-7-3-1-2-4-7/h7,9-10H,1-6,8H2. The molecule has 0 unspecified atom stereocenters. The zero-order valence-electron chi connectivity index (χ0n) is 7.62. The molecule has 0 spiro atoms. The first-order valence-corrected chi connectivity index (χ1v) is 6.09. The van der Waals surface area contributed by atoms with E-state index in [1.807, 2.05) is 0 Å². The summed E-state index contributed by atoms with van der Waals surface area (Å²) < 4.78 is 27.5. The summed E-state index contributed by atoms with van der Waals surface area (Å²) in [5.41, 5.74) is 5.19. The van der Waals surface area contributed by atoms with Crippen molar-refractivity contribution in [3.05, 3.63) is 0 Å². The molecule has 1 aliphatic rings. The van der Waals surface area contributed by atoms with Crippen LogP contribution < -0.4 is 15.2 Å². The van der Waals surface area contributed by atoms with Crippen molar-refractivity contribution in [3.8, 4) is 0 Å². The Kier molecular flexibility index (Phi) is 4.11.